The molecule has 27 heavy (non-hydrogen) atoms. The van der Waals surface area contributed by atoms with E-state index in [0.717, 1.165) is 22.4 Å². The molecule has 0 unspecified atom stereocenters. The second-order valence-corrected chi connectivity index (χ2v) is 6.28. The lowest BCUT2D eigenvalue weighted by Gasteiger charge is -2.09. The van der Waals surface area contributed by atoms with Crippen LogP contribution in [0.4, 0.5) is 0 Å². The predicted octanol–water partition coefficient (Wildman–Crippen LogP) is 2.06. The minimum absolute atomic E-state index is 0.164. The Morgan fingerprint density at radius 1 is 1.22 bits per heavy atom. The van der Waals surface area contributed by atoms with Crippen molar-refractivity contribution in [2.45, 2.75) is 13.3 Å². The second kappa shape index (κ2) is 7.90. The Balaban J connectivity index is 1.69. The highest BCUT2D eigenvalue weighted by Crippen LogP contribution is 2.26. The molecule has 0 radical (unpaired) electrons. The highest BCUT2D eigenvalue weighted by Gasteiger charge is 2.09. The third kappa shape index (κ3) is 4.08. The lowest BCUT2D eigenvalue weighted by Crippen LogP contribution is -2.27. The van der Waals surface area contributed by atoms with Gasteiger partial charge in [-0.05, 0) is 47.9 Å². The Hall–Kier alpha value is -3.35. The van der Waals surface area contributed by atoms with Crippen molar-refractivity contribution in [2.75, 3.05) is 13.7 Å². The number of aryl methyl sites for hydroxylation is 1. The van der Waals surface area contributed by atoms with Crippen LogP contribution in [0.2, 0.25) is 0 Å². The largest absolute Gasteiger partial charge is 0.496 e. The SMILES string of the molecule is COc1ccc(-c2cccc(C(=O)NCCc3n[nH]c(=O)n3C)c2)cc1C. The van der Waals surface area contributed by atoms with Crippen LogP contribution in [0.5, 0.6) is 5.75 Å². The molecule has 0 aliphatic carbocycles. The van der Waals surface area contributed by atoms with E-state index in [1.807, 2.05) is 43.3 Å². The summed E-state index contributed by atoms with van der Waals surface area (Å²) in [5.74, 6) is 1.27. The van der Waals surface area contributed by atoms with Gasteiger partial charge in [-0.2, -0.15) is 5.10 Å². The second-order valence-electron chi connectivity index (χ2n) is 6.28. The molecular weight excluding hydrogens is 344 g/mol. The van der Waals surface area contributed by atoms with Gasteiger partial charge in [-0.25, -0.2) is 9.89 Å². The van der Waals surface area contributed by atoms with E-state index in [1.165, 1.54) is 4.57 Å². The summed E-state index contributed by atoms with van der Waals surface area (Å²) in [7, 11) is 3.29. The molecule has 0 aliphatic heterocycles. The molecule has 7 heteroatoms. The minimum Gasteiger partial charge on any atom is -0.496 e. The monoisotopic (exact) mass is 366 g/mol. The van der Waals surface area contributed by atoms with Crippen LogP contribution in [0.3, 0.4) is 0 Å². The summed E-state index contributed by atoms with van der Waals surface area (Å²) in [4.78, 5) is 23.8. The van der Waals surface area contributed by atoms with Gasteiger partial charge in [-0.1, -0.05) is 18.2 Å². The van der Waals surface area contributed by atoms with Gasteiger partial charge in [0.25, 0.3) is 5.91 Å². The average Bonchev–Trinajstić information content (AvgIpc) is 3.00. The highest BCUT2D eigenvalue weighted by atomic mass is 16.5. The van der Waals surface area contributed by atoms with Crippen LogP contribution < -0.4 is 15.7 Å². The number of carbonyl (C=O) groups excluding carboxylic acids is 1. The fourth-order valence-corrected chi connectivity index (χ4v) is 2.89. The number of nitrogens with zero attached hydrogens (tertiary/aromatic N) is 2. The summed E-state index contributed by atoms with van der Waals surface area (Å²) in [6, 6.07) is 13.4. The maximum absolute atomic E-state index is 12.4. The standard InChI is InChI=1S/C20H22N4O3/c1-13-11-15(7-8-17(13)27-3)14-5-4-6-16(12-14)19(25)21-10-9-18-22-23-20(26)24(18)2/h4-8,11-12H,9-10H2,1-3H3,(H,21,25)(H,23,26). The van der Waals surface area contributed by atoms with E-state index in [9.17, 15) is 9.59 Å². The Kier molecular flexibility index (Phi) is 5.40. The molecule has 2 N–H and O–H groups in total. The lowest BCUT2D eigenvalue weighted by atomic mass is 10.0. The van der Waals surface area contributed by atoms with Crippen LogP contribution in [-0.4, -0.2) is 34.3 Å². The smallest absolute Gasteiger partial charge is 0.343 e. The molecule has 1 amide bonds. The zero-order valence-electron chi connectivity index (χ0n) is 15.6. The van der Waals surface area contributed by atoms with Crippen molar-refractivity contribution in [3.05, 3.63) is 69.9 Å². The molecule has 7 nitrogen and oxygen atoms in total. The highest BCUT2D eigenvalue weighted by molar-refractivity contribution is 5.95. The Morgan fingerprint density at radius 3 is 2.67 bits per heavy atom. The molecule has 0 saturated heterocycles. The third-order valence-corrected chi connectivity index (χ3v) is 4.46. The molecule has 3 aromatic rings. The van der Waals surface area contributed by atoms with E-state index in [4.69, 9.17) is 4.74 Å². The lowest BCUT2D eigenvalue weighted by molar-refractivity contribution is 0.0954. The van der Waals surface area contributed by atoms with Gasteiger partial charge in [0, 0.05) is 25.6 Å². The predicted molar refractivity (Wildman–Crippen MR) is 103 cm³/mol. The van der Waals surface area contributed by atoms with E-state index >= 15 is 0 Å². The molecule has 3 rings (SSSR count). The van der Waals surface area contributed by atoms with Crippen LogP contribution in [0, 0.1) is 6.92 Å². The van der Waals surface area contributed by atoms with Gasteiger partial charge < -0.3 is 10.1 Å². The number of H-pyrrole nitrogens is 1. The van der Waals surface area contributed by atoms with E-state index in [2.05, 4.69) is 15.5 Å². The first kappa shape index (κ1) is 18.4. The summed E-state index contributed by atoms with van der Waals surface area (Å²) in [6.07, 6.45) is 0.471. The molecular formula is C20H22N4O3. The van der Waals surface area contributed by atoms with Crippen molar-refractivity contribution in [1.29, 1.82) is 0 Å². The maximum atomic E-state index is 12.4. The van der Waals surface area contributed by atoms with Gasteiger partial charge >= 0.3 is 5.69 Å². The number of hydrogen-bond donors (Lipinski definition) is 2. The summed E-state index contributed by atoms with van der Waals surface area (Å²) >= 11 is 0. The topological polar surface area (TPSA) is 89.0 Å². The summed E-state index contributed by atoms with van der Waals surface area (Å²) in [6.45, 7) is 2.38. The molecule has 0 saturated carbocycles. The van der Waals surface area contributed by atoms with Crippen LogP contribution in [0.1, 0.15) is 21.7 Å². The van der Waals surface area contributed by atoms with Crippen molar-refractivity contribution in [3.8, 4) is 16.9 Å². The van der Waals surface area contributed by atoms with E-state index < -0.39 is 0 Å². The van der Waals surface area contributed by atoms with Crippen LogP contribution in [-0.2, 0) is 13.5 Å². The molecule has 1 aromatic heterocycles. The van der Waals surface area contributed by atoms with Gasteiger partial charge in [0.1, 0.15) is 11.6 Å². The average molecular weight is 366 g/mol. The summed E-state index contributed by atoms with van der Waals surface area (Å²) in [5, 5.41) is 9.17. The Labute approximate surface area is 157 Å². The van der Waals surface area contributed by atoms with E-state index in [1.54, 1.807) is 20.2 Å². The van der Waals surface area contributed by atoms with Crippen LogP contribution in [0.15, 0.2) is 47.3 Å². The van der Waals surface area contributed by atoms with E-state index in [-0.39, 0.29) is 11.6 Å². The number of ether oxygens (including phenoxy) is 1. The number of carbonyl (C=O) groups is 1. The molecule has 0 atom stereocenters. The normalized spacial score (nSPS) is 10.6. The van der Waals surface area contributed by atoms with Gasteiger partial charge in [-0.15, -0.1) is 0 Å². The molecule has 140 valence electrons. The van der Waals surface area contributed by atoms with Crippen LogP contribution in [0.25, 0.3) is 11.1 Å². The molecule has 0 spiro atoms. The zero-order valence-corrected chi connectivity index (χ0v) is 15.6. The number of hydrogen-bond acceptors (Lipinski definition) is 4. The van der Waals surface area contributed by atoms with Crippen LogP contribution >= 0.6 is 0 Å². The number of benzene rings is 2. The van der Waals surface area contributed by atoms with Crippen molar-refractivity contribution >= 4 is 5.91 Å². The van der Waals surface area contributed by atoms with Crippen molar-refractivity contribution < 1.29 is 9.53 Å². The number of aromatic amines is 1. The number of amides is 1. The summed E-state index contributed by atoms with van der Waals surface area (Å²) in [5.41, 5.74) is 3.34. The Morgan fingerprint density at radius 2 is 2.00 bits per heavy atom. The quantitative estimate of drug-likeness (QED) is 0.699. The first-order valence-electron chi connectivity index (χ1n) is 8.63. The molecule has 2 aromatic carbocycles. The molecule has 1 heterocycles. The van der Waals surface area contributed by atoms with Gasteiger partial charge in [0.05, 0.1) is 7.11 Å². The fraction of sp³-hybridized carbons (Fsp3) is 0.250. The summed E-state index contributed by atoms with van der Waals surface area (Å²) < 4.78 is 6.73. The van der Waals surface area contributed by atoms with E-state index in [0.29, 0.717) is 24.4 Å². The fourth-order valence-electron chi connectivity index (χ4n) is 2.89. The van der Waals surface area contributed by atoms with Crippen molar-refractivity contribution in [1.82, 2.24) is 20.1 Å². The van der Waals surface area contributed by atoms with Crippen molar-refractivity contribution in [3.63, 3.8) is 0 Å². The number of nitrogens with one attached hydrogen (secondary N) is 2. The van der Waals surface area contributed by atoms with Gasteiger partial charge in [-0.3, -0.25) is 9.36 Å². The Bertz CT molecular complexity index is 1020. The number of aromatic nitrogens is 3. The first-order valence-corrected chi connectivity index (χ1v) is 8.63. The maximum Gasteiger partial charge on any atom is 0.343 e. The zero-order chi connectivity index (χ0) is 19.4. The van der Waals surface area contributed by atoms with Gasteiger partial charge in [0.15, 0.2) is 0 Å². The number of methoxy groups -OCH3 is 1. The minimum atomic E-state index is -0.265. The number of rotatable bonds is 6. The molecule has 0 fully saturated rings. The van der Waals surface area contributed by atoms with Crippen molar-refractivity contribution in [2.24, 2.45) is 7.05 Å². The molecule has 0 aliphatic rings. The molecule has 0 bridgehead atoms. The first-order chi connectivity index (χ1) is 13.0. The third-order valence-electron chi connectivity index (χ3n) is 4.46. The van der Waals surface area contributed by atoms with Gasteiger partial charge in [0.2, 0.25) is 0 Å².